The summed E-state index contributed by atoms with van der Waals surface area (Å²) >= 11 is 0. The molecule has 0 saturated carbocycles. The minimum Gasteiger partial charge on any atom is -0.389 e. The van der Waals surface area contributed by atoms with Crippen LogP contribution in [0.1, 0.15) is 31.1 Å². The number of hydrogen-bond donors (Lipinski definition) is 1. The zero-order valence-corrected chi connectivity index (χ0v) is 17.2. The smallest absolute Gasteiger partial charge is 0.123 e. The molecule has 0 spiro atoms. The number of halogens is 2. The van der Waals surface area contributed by atoms with Crippen LogP contribution in [0, 0.1) is 11.6 Å². The van der Waals surface area contributed by atoms with E-state index in [2.05, 4.69) is 9.80 Å². The largest absolute Gasteiger partial charge is 0.389 e. The molecule has 1 aliphatic heterocycles. The van der Waals surface area contributed by atoms with Crippen molar-refractivity contribution in [1.29, 1.82) is 0 Å². The maximum atomic E-state index is 13.3. The van der Waals surface area contributed by atoms with Crippen LogP contribution in [0.15, 0.2) is 48.5 Å². The van der Waals surface area contributed by atoms with Gasteiger partial charge in [-0.25, -0.2) is 8.78 Å². The first kappa shape index (κ1) is 21.8. The summed E-state index contributed by atoms with van der Waals surface area (Å²) in [6.07, 6.45) is -0.368. The van der Waals surface area contributed by atoms with Crippen LogP contribution in [0.4, 0.5) is 8.78 Å². The number of aliphatic hydroxyl groups is 1. The zero-order valence-electron chi connectivity index (χ0n) is 17.2. The van der Waals surface area contributed by atoms with Gasteiger partial charge in [0.15, 0.2) is 0 Å². The van der Waals surface area contributed by atoms with E-state index >= 15 is 0 Å². The van der Waals surface area contributed by atoms with Gasteiger partial charge in [0, 0.05) is 39.3 Å². The number of rotatable bonds is 8. The molecule has 29 heavy (non-hydrogen) atoms. The highest BCUT2D eigenvalue weighted by Crippen LogP contribution is 2.26. The Morgan fingerprint density at radius 1 is 0.862 bits per heavy atom. The molecule has 0 atom stereocenters. The highest BCUT2D eigenvalue weighted by atomic mass is 19.1. The molecule has 1 fully saturated rings. The molecule has 0 bridgehead atoms. The Morgan fingerprint density at radius 2 is 1.31 bits per heavy atom. The fourth-order valence-corrected chi connectivity index (χ4v) is 3.68. The van der Waals surface area contributed by atoms with E-state index in [4.69, 9.17) is 4.74 Å². The molecule has 6 heteroatoms. The summed E-state index contributed by atoms with van der Waals surface area (Å²) in [5.74, 6) is -0.592. The summed E-state index contributed by atoms with van der Waals surface area (Å²) in [5, 5.41) is 9.97. The first-order chi connectivity index (χ1) is 13.8. The predicted octanol–water partition coefficient (Wildman–Crippen LogP) is 3.46. The Bertz CT molecular complexity index is 706. The van der Waals surface area contributed by atoms with Crippen molar-refractivity contribution in [3.8, 4) is 0 Å². The maximum Gasteiger partial charge on any atom is 0.123 e. The van der Waals surface area contributed by atoms with Crippen molar-refractivity contribution in [3.63, 3.8) is 0 Å². The van der Waals surface area contributed by atoms with Gasteiger partial charge in [-0.3, -0.25) is 9.80 Å². The topological polar surface area (TPSA) is 35.9 Å². The van der Waals surface area contributed by atoms with E-state index in [9.17, 15) is 13.9 Å². The molecule has 4 nitrogen and oxygen atoms in total. The van der Waals surface area contributed by atoms with Crippen LogP contribution < -0.4 is 0 Å². The van der Waals surface area contributed by atoms with Crippen molar-refractivity contribution in [2.45, 2.75) is 25.6 Å². The minimum absolute atomic E-state index is 0.296. The van der Waals surface area contributed by atoms with Gasteiger partial charge < -0.3 is 9.84 Å². The van der Waals surface area contributed by atoms with E-state index in [-0.39, 0.29) is 17.7 Å². The van der Waals surface area contributed by atoms with Crippen LogP contribution in [0.3, 0.4) is 0 Å². The summed E-state index contributed by atoms with van der Waals surface area (Å²) in [6, 6.07) is 12.5. The molecule has 1 aliphatic rings. The standard InChI is InChI=1S/C23H30F2N2O2/c1-23(2,28)17-27-13-11-26(12-14-27)15-16-29-22(18-3-7-20(24)8-4-18)19-5-9-21(25)10-6-19/h3-10,22,28H,11-17H2,1-2H3. The van der Waals surface area contributed by atoms with E-state index in [1.807, 2.05) is 13.8 Å². The molecular weight excluding hydrogens is 374 g/mol. The molecule has 0 aliphatic carbocycles. The number of β-amino-alcohol motifs (C(OH)–C–C–N with tert-alkyl or cyclic N) is 1. The highest BCUT2D eigenvalue weighted by molar-refractivity contribution is 5.30. The van der Waals surface area contributed by atoms with Gasteiger partial charge in [0.1, 0.15) is 17.7 Å². The summed E-state index contributed by atoms with van der Waals surface area (Å²) in [6.45, 7) is 9.34. The fraction of sp³-hybridized carbons (Fsp3) is 0.478. The Kier molecular flexibility index (Phi) is 7.35. The van der Waals surface area contributed by atoms with Crippen molar-refractivity contribution in [2.75, 3.05) is 45.9 Å². The monoisotopic (exact) mass is 404 g/mol. The second-order valence-electron chi connectivity index (χ2n) is 8.28. The van der Waals surface area contributed by atoms with Crippen molar-refractivity contribution in [1.82, 2.24) is 9.80 Å². The van der Waals surface area contributed by atoms with Gasteiger partial charge in [-0.2, -0.15) is 0 Å². The Hall–Kier alpha value is -1.86. The van der Waals surface area contributed by atoms with Crippen molar-refractivity contribution >= 4 is 0 Å². The lowest BCUT2D eigenvalue weighted by Crippen LogP contribution is -2.51. The molecule has 0 unspecified atom stereocenters. The second-order valence-corrected chi connectivity index (χ2v) is 8.28. The van der Waals surface area contributed by atoms with Crippen LogP contribution in [-0.4, -0.2) is 66.4 Å². The number of hydrogen-bond acceptors (Lipinski definition) is 4. The molecule has 2 aromatic rings. The third kappa shape index (κ3) is 6.85. The molecule has 0 aromatic heterocycles. The molecule has 1 heterocycles. The molecule has 3 rings (SSSR count). The first-order valence-electron chi connectivity index (χ1n) is 10.1. The summed E-state index contributed by atoms with van der Waals surface area (Å²) in [4.78, 5) is 4.62. The Morgan fingerprint density at radius 3 is 1.76 bits per heavy atom. The van der Waals surface area contributed by atoms with Crippen LogP contribution >= 0.6 is 0 Å². The van der Waals surface area contributed by atoms with Crippen LogP contribution in [-0.2, 0) is 4.74 Å². The lowest BCUT2D eigenvalue weighted by atomic mass is 10.0. The van der Waals surface area contributed by atoms with Gasteiger partial charge in [-0.1, -0.05) is 24.3 Å². The predicted molar refractivity (Wildman–Crippen MR) is 110 cm³/mol. The molecule has 2 aromatic carbocycles. The van der Waals surface area contributed by atoms with Crippen molar-refractivity contribution < 1.29 is 18.6 Å². The molecular formula is C23H30F2N2O2. The number of nitrogens with zero attached hydrogens (tertiary/aromatic N) is 2. The van der Waals surface area contributed by atoms with Crippen LogP contribution in [0.25, 0.3) is 0 Å². The van der Waals surface area contributed by atoms with Gasteiger partial charge >= 0.3 is 0 Å². The average molecular weight is 405 g/mol. The Labute approximate surface area is 171 Å². The quantitative estimate of drug-likeness (QED) is 0.731. The van der Waals surface area contributed by atoms with E-state index in [0.717, 1.165) is 43.9 Å². The van der Waals surface area contributed by atoms with Gasteiger partial charge in [0.2, 0.25) is 0 Å². The fourth-order valence-electron chi connectivity index (χ4n) is 3.68. The molecule has 1 N–H and O–H groups in total. The van der Waals surface area contributed by atoms with E-state index in [1.165, 1.54) is 24.3 Å². The van der Waals surface area contributed by atoms with Crippen molar-refractivity contribution in [3.05, 3.63) is 71.3 Å². The van der Waals surface area contributed by atoms with Gasteiger partial charge in [-0.15, -0.1) is 0 Å². The van der Waals surface area contributed by atoms with Crippen LogP contribution in [0.5, 0.6) is 0 Å². The molecule has 0 radical (unpaired) electrons. The third-order valence-electron chi connectivity index (χ3n) is 5.11. The van der Waals surface area contributed by atoms with E-state index in [1.54, 1.807) is 24.3 Å². The van der Waals surface area contributed by atoms with Gasteiger partial charge in [0.05, 0.1) is 12.2 Å². The number of benzene rings is 2. The molecule has 0 amide bonds. The maximum absolute atomic E-state index is 13.3. The zero-order chi connectivity index (χ0) is 20.9. The number of piperazine rings is 1. The highest BCUT2D eigenvalue weighted by Gasteiger charge is 2.23. The van der Waals surface area contributed by atoms with Crippen molar-refractivity contribution in [2.24, 2.45) is 0 Å². The third-order valence-corrected chi connectivity index (χ3v) is 5.11. The van der Waals surface area contributed by atoms with Gasteiger partial charge in [-0.05, 0) is 49.2 Å². The lowest BCUT2D eigenvalue weighted by molar-refractivity contribution is 0.00811. The summed E-state index contributed by atoms with van der Waals surface area (Å²) in [7, 11) is 0. The van der Waals surface area contributed by atoms with E-state index in [0.29, 0.717) is 13.2 Å². The first-order valence-corrected chi connectivity index (χ1v) is 10.1. The summed E-state index contributed by atoms with van der Waals surface area (Å²) in [5.41, 5.74) is 1.00. The minimum atomic E-state index is -0.678. The Balaban J connectivity index is 1.55. The van der Waals surface area contributed by atoms with Crippen LogP contribution in [0.2, 0.25) is 0 Å². The molecule has 158 valence electrons. The normalized spacial score (nSPS) is 16.5. The summed E-state index contributed by atoms with van der Waals surface area (Å²) < 4.78 is 32.8. The average Bonchev–Trinajstić information content (AvgIpc) is 2.67. The van der Waals surface area contributed by atoms with E-state index < -0.39 is 5.60 Å². The number of ether oxygens (including phenoxy) is 1. The SMILES string of the molecule is CC(C)(O)CN1CCN(CCOC(c2ccc(F)cc2)c2ccc(F)cc2)CC1. The molecule has 1 saturated heterocycles. The second kappa shape index (κ2) is 9.76. The van der Waals surface area contributed by atoms with Gasteiger partial charge in [0.25, 0.3) is 0 Å². The lowest BCUT2D eigenvalue weighted by Gasteiger charge is -2.37.